The molecule has 0 atom stereocenters. The molecular weight excluding hydrogens is 408 g/mol. The summed E-state index contributed by atoms with van der Waals surface area (Å²) in [5, 5.41) is 5.43. The van der Waals surface area contributed by atoms with Gasteiger partial charge in [-0.2, -0.15) is 0 Å². The van der Waals surface area contributed by atoms with Gasteiger partial charge in [0, 0.05) is 34.7 Å². The summed E-state index contributed by atoms with van der Waals surface area (Å²) < 4.78 is 11.6. The van der Waals surface area contributed by atoms with Gasteiger partial charge in [-0.25, -0.2) is 0 Å². The van der Waals surface area contributed by atoms with Crippen LogP contribution in [0.5, 0.6) is 11.5 Å². The molecule has 160 valence electrons. The van der Waals surface area contributed by atoms with Crippen LogP contribution in [0.25, 0.3) is 10.9 Å². The molecule has 0 saturated carbocycles. The fourth-order valence-corrected chi connectivity index (χ4v) is 3.92. The lowest BCUT2D eigenvalue weighted by Crippen LogP contribution is -2.17. The quantitative estimate of drug-likeness (QED) is 0.315. The van der Waals surface area contributed by atoms with Crippen LogP contribution in [-0.2, 0) is 19.6 Å². The average molecular weight is 435 g/mol. The summed E-state index contributed by atoms with van der Waals surface area (Å²) in [6.07, 6.45) is 3.03. The van der Waals surface area contributed by atoms with Gasteiger partial charge in [0.1, 0.15) is 6.61 Å². The first-order chi connectivity index (χ1) is 15.2. The summed E-state index contributed by atoms with van der Waals surface area (Å²) >= 11 is 6.55. The number of methoxy groups -OCH3 is 1. The molecule has 4 rings (SSSR count). The summed E-state index contributed by atoms with van der Waals surface area (Å²) in [6, 6.07) is 20.3. The van der Waals surface area contributed by atoms with Gasteiger partial charge in [0.15, 0.2) is 11.5 Å². The number of hydrogen-bond acceptors (Lipinski definition) is 3. The van der Waals surface area contributed by atoms with Crippen LogP contribution in [-0.4, -0.2) is 18.6 Å². The van der Waals surface area contributed by atoms with Crippen molar-refractivity contribution in [3.63, 3.8) is 0 Å². The molecule has 0 radical (unpaired) electrons. The van der Waals surface area contributed by atoms with E-state index in [-0.39, 0.29) is 0 Å². The molecule has 5 heteroatoms. The lowest BCUT2D eigenvalue weighted by Gasteiger charge is -2.15. The number of hydrogen-bond donors (Lipinski definition) is 2. The first-order valence-electron chi connectivity index (χ1n) is 10.4. The molecule has 0 aliphatic heterocycles. The Labute approximate surface area is 188 Å². The van der Waals surface area contributed by atoms with Gasteiger partial charge in [0.05, 0.1) is 7.11 Å². The maximum absolute atomic E-state index is 6.55. The second kappa shape index (κ2) is 9.90. The summed E-state index contributed by atoms with van der Waals surface area (Å²) in [7, 11) is 1.65. The van der Waals surface area contributed by atoms with E-state index in [2.05, 4.69) is 53.8 Å². The van der Waals surface area contributed by atoms with Crippen LogP contribution in [0.15, 0.2) is 66.9 Å². The highest BCUT2D eigenvalue weighted by Crippen LogP contribution is 2.34. The Hall–Kier alpha value is -2.95. The van der Waals surface area contributed by atoms with E-state index in [0.29, 0.717) is 29.7 Å². The molecular formula is C26H27ClN2O2. The molecule has 4 nitrogen and oxygen atoms in total. The van der Waals surface area contributed by atoms with Crippen molar-refractivity contribution in [1.82, 2.24) is 10.3 Å². The first kappa shape index (κ1) is 21.3. The van der Waals surface area contributed by atoms with Crippen LogP contribution in [0.4, 0.5) is 0 Å². The number of halogens is 1. The molecule has 0 bridgehead atoms. The Balaban J connectivity index is 1.36. The lowest BCUT2D eigenvalue weighted by atomic mass is 10.1. The highest BCUT2D eigenvalue weighted by atomic mass is 35.5. The highest BCUT2D eigenvalue weighted by Gasteiger charge is 2.12. The van der Waals surface area contributed by atoms with Gasteiger partial charge >= 0.3 is 0 Å². The Kier molecular flexibility index (Phi) is 6.80. The predicted octanol–water partition coefficient (Wildman–Crippen LogP) is 6.05. The minimum atomic E-state index is 0.474. The third-order valence-electron chi connectivity index (χ3n) is 5.54. The highest BCUT2D eigenvalue weighted by molar-refractivity contribution is 6.31. The molecule has 0 saturated heterocycles. The number of ether oxygens (including phenoxy) is 2. The third kappa shape index (κ3) is 5.04. The van der Waals surface area contributed by atoms with E-state index in [1.807, 2.05) is 30.3 Å². The van der Waals surface area contributed by atoms with Crippen molar-refractivity contribution < 1.29 is 9.47 Å². The number of aromatic nitrogens is 1. The number of nitrogens with one attached hydrogen (secondary N) is 2. The summed E-state index contributed by atoms with van der Waals surface area (Å²) in [4.78, 5) is 3.33. The van der Waals surface area contributed by atoms with Gasteiger partial charge in [-0.1, -0.05) is 54.1 Å². The van der Waals surface area contributed by atoms with Gasteiger partial charge in [-0.05, 0) is 54.3 Å². The van der Waals surface area contributed by atoms with Gasteiger partial charge in [-0.15, -0.1) is 0 Å². The fraction of sp³-hybridized carbons (Fsp3) is 0.231. The van der Waals surface area contributed by atoms with E-state index in [9.17, 15) is 0 Å². The first-order valence-corrected chi connectivity index (χ1v) is 10.8. The number of benzene rings is 3. The third-order valence-corrected chi connectivity index (χ3v) is 5.89. The van der Waals surface area contributed by atoms with E-state index >= 15 is 0 Å². The van der Waals surface area contributed by atoms with Crippen LogP contribution in [0.1, 0.15) is 22.3 Å². The number of para-hydroxylation sites is 1. The summed E-state index contributed by atoms with van der Waals surface area (Å²) in [5.74, 6) is 1.34. The van der Waals surface area contributed by atoms with Gasteiger partial charge in [-0.3, -0.25) is 0 Å². The standard InChI is InChI=1S/C26H27ClN2O2/c1-18-7-3-4-8-20(18)17-31-26-14-23(27)21(13-25(26)30-2)15-28-12-11-19-16-29-24-10-6-5-9-22(19)24/h3-10,13-14,16,28-29H,11-12,15,17H2,1-2H3. The molecule has 2 N–H and O–H groups in total. The predicted molar refractivity (Wildman–Crippen MR) is 127 cm³/mol. The monoisotopic (exact) mass is 434 g/mol. The molecule has 1 aromatic heterocycles. The Bertz CT molecular complexity index is 1170. The summed E-state index contributed by atoms with van der Waals surface area (Å²) in [6.45, 7) is 4.07. The molecule has 0 aliphatic rings. The number of fused-ring (bicyclic) bond motifs is 1. The van der Waals surface area contributed by atoms with Gasteiger partial charge < -0.3 is 19.8 Å². The largest absolute Gasteiger partial charge is 0.493 e. The molecule has 0 unspecified atom stereocenters. The van der Waals surface area contributed by atoms with Crippen molar-refractivity contribution in [2.24, 2.45) is 0 Å². The Morgan fingerprint density at radius 3 is 2.58 bits per heavy atom. The zero-order valence-corrected chi connectivity index (χ0v) is 18.6. The fourth-order valence-electron chi connectivity index (χ4n) is 3.70. The maximum atomic E-state index is 6.55. The van der Waals surface area contributed by atoms with E-state index in [4.69, 9.17) is 21.1 Å². The Morgan fingerprint density at radius 1 is 0.935 bits per heavy atom. The minimum Gasteiger partial charge on any atom is -0.493 e. The SMILES string of the molecule is COc1cc(CNCCc2c[nH]c3ccccc23)c(Cl)cc1OCc1ccccc1C. The number of rotatable bonds is 9. The molecule has 0 fully saturated rings. The van der Waals surface area contributed by atoms with Crippen molar-refractivity contribution in [2.75, 3.05) is 13.7 Å². The number of aromatic amines is 1. The van der Waals surface area contributed by atoms with Crippen LogP contribution in [0.2, 0.25) is 5.02 Å². The van der Waals surface area contributed by atoms with Crippen molar-refractivity contribution in [1.29, 1.82) is 0 Å². The van der Waals surface area contributed by atoms with Crippen molar-refractivity contribution in [2.45, 2.75) is 26.5 Å². The van der Waals surface area contributed by atoms with E-state index < -0.39 is 0 Å². The maximum Gasteiger partial charge on any atom is 0.163 e. The lowest BCUT2D eigenvalue weighted by molar-refractivity contribution is 0.283. The second-order valence-electron chi connectivity index (χ2n) is 7.60. The van der Waals surface area contributed by atoms with E-state index in [0.717, 1.165) is 24.1 Å². The summed E-state index contributed by atoms with van der Waals surface area (Å²) in [5.41, 5.74) is 5.81. The van der Waals surface area contributed by atoms with Gasteiger partial charge in [0.25, 0.3) is 0 Å². The number of aryl methyl sites for hydroxylation is 1. The second-order valence-corrected chi connectivity index (χ2v) is 8.00. The molecule has 0 spiro atoms. The zero-order chi connectivity index (χ0) is 21.6. The molecule has 0 aliphatic carbocycles. The number of H-pyrrole nitrogens is 1. The van der Waals surface area contributed by atoms with Crippen molar-refractivity contribution >= 4 is 22.5 Å². The van der Waals surface area contributed by atoms with Gasteiger partial charge in [0.2, 0.25) is 0 Å². The molecule has 3 aromatic carbocycles. The van der Waals surface area contributed by atoms with Crippen LogP contribution >= 0.6 is 11.6 Å². The van der Waals surface area contributed by atoms with E-state index in [1.54, 1.807) is 7.11 Å². The topological polar surface area (TPSA) is 46.3 Å². The normalized spacial score (nSPS) is 11.1. The van der Waals surface area contributed by atoms with Crippen LogP contribution < -0.4 is 14.8 Å². The van der Waals surface area contributed by atoms with E-state index in [1.165, 1.54) is 22.0 Å². The van der Waals surface area contributed by atoms with Crippen LogP contribution in [0, 0.1) is 6.92 Å². The van der Waals surface area contributed by atoms with Crippen molar-refractivity contribution in [3.05, 3.63) is 94.1 Å². The average Bonchev–Trinajstić information content (AvgIpc) is 3.20. The zero-order valence-electron chi connectivity index (χ0n) is 17.9. The van der Waals surface area contributed by atoms with Crippen LogP contribution in [0.3, 0.4) is 0 Å². The molecule has 31 heavy (non-hydrogen) atoms. The minimum absolute atomic E-state index is 0.474. The smallest absolute Gasteiger partial charge is 0.163 e. The molecule has 0 amide bonds. The van der Waals surface area contributed by atoms with Crippen molar-refractivity contribution in [3.8, 4) is 11.5 Å². The Morgan fingerprint density at radius 2 is 1.74 bits per heavy atom. The molecule has 4 aromatic rings. The molecule has 1 heterocycles.